The van der Waals surface area contributed by atoms with E-state index < -0.39 is 11.6 Å². The zero-order valence-electron chi connectivity index (χ0n) is 10.4. The minimum Gasteiger partial charge on any atom is -0.330 e. The summed E-state index contributed by atoms with van der Waals surface area (Å²) < 4.78 is 26.3. The Labute approximate surface area is 101 Å². The fraction of sp³-hybridized carbons (Fsp3) is 0.538. The Kier molecular flexibility index (Phi) is 5.51. The molecule has 2 N–H and O–H groups in total. The Morgan fingerprint density at radius 3 is 2.53 bits per heavy atom. The van der Waals surface area contributed by atoms with Gasteiger partial charge in [0.05, 0.1) is 0 Å². The van der Waals surface area contributed by atoms with Gasteiger partial charge in [0.2, 0.25) is 0 Å². The van der Waals surface area contributed by atoms with Crippen molar-refractivity contribution in [2.45, 2.75) is 32.9 Å². The van der Waals surface area contributed by atoms with Gasteiger partial charge in [0.25, 0.3) is 0 Å². The van der Waals surface area contributed by atoms with E-state index in [0.29, 0.717) is 24.7 Å². The third-order valence-electron chi connectivity index (χ3n) is 2.77. The van der Waals surface area contributed by atoms with Crippen molar-refractivity contribution < 1.29 is 8.78 Å². The van der Waals surface area contributed by atoms with Crippen LogP contribution in [-0.4, -0.2) is 24.0 Å². The molecule has 0 aromatic heterocycles. The number of nitrogens with two attached hydrogens (primary N) is 1. The average Bonchev–Trinajstić information content (AvgIpc) is 2.26. The monoisotopic (exact) mass is 242 g/mol. The summed E-state index contributed by atoms with van der Waals surface area (Å²) >= 11 is 0. The molecule has 0 unspecified atom stereocenters. The first kappa shape index (κ1) is 14.1. The van der Waals surface area contributed by atoms with E-state index in [9.17, 15) is 8.78 Å². The number of benzene rings is 1. The molecule has 0 amide bonds. The van der Waals surface area contributed by atoms with Gasteiger partial charge < -0.3 is 5.73 Å². The van der Waals surface area contributed by atoms with Crippen molar-refractivity contribution in [3.8, 4) is 0 Å². The van der Waals surface area contributed by atoms with Crippen LogP contribution in [0.25, 0.3) is 0 Å². The number of nitrogens with zero attached hydrogens (tertiary/aromatic N) is 1. The Bertz CT molecular complexity index is 353. The minimum absolute atomic E-state index is 0.311. The smallest absolute Gasteiger partial charge is 0.130 e. The molecule has 17 heavy (non-hydrogen) atoms. The molecule has 1 aromatic rings. The van der Waals surface area contributed by atoms with Crippen molar-refractivity contribution in [2.24, 2.45) is 5.73 Å². The normalized spacial score (nSPS) is 11.5. The summed E-state index contributed by atoms with van der Waals surface area (Å²) in [5, 5.41) is 0. The molecule has 0 saturated heterocycles. The molecule has 0 atom stereocenters. The third kappa shape index (κ3) is 4.40. The van der Waals surface area contributed by atoms with Crippen LogP contribution in [0.1, 0.15) is 25.8 Å². The van der Waals surface area contributed by atoms with Crippen molar-refractivity contribution in [2.75, 3.05) is 13.1 Å². The highest BCUT2D eigenvalue weighted by molar-refractivity contribution is 5.18. The van der Waals surface area contributed by atoms with Crippen molar-refractivity contribution >= 4 is 0 Å². The maximum atomic E-state index is 13.5. The first-order chi connectivity index (χ1) is 8.04. The number of hydrogen-bond donors (Lipinski definition) is 1. The molecule has 0 spiro atoms. The van der Waals surface area contributed by atoms with Gasteiger partial charge in [0, 0.05) is 24.2 Å². The lowest BCUT2D eigenvalue weighted by Crippen LogP contribution is -2.32. The summed E-state index contributed by atoms with van der Waals surface area (Å²) in [5.41, 5.74) is 5.99. The lowest BCUT2D eigenvalue weighted by atomic mass is 10.1. The van der Waals surface area contributed by atoms with E-state index in [-0.39, 0.29) is 0 Å². The minimum atomic E-state index is -0.538. The van der Waals surface area contributed by atoms with E-state index in [1.54, 1.807) is 0 Å². The third-order valence-corrected chi connectivity index (χ3v) is 2.77. The summed E-state index contributed by atoms with van der Waals surface area (Å²) in [4.78, 5) is 2.13. The standard InChI is InChI=1S/C13H20F2N2/c1-10(2)17(7-3-6-16)9-11-4-5-12(14)8-13(11)15/h4-5,8,10H,3,6-7,9,16H2,1-2H3. The van der Waals surface area contributed by atoms with Crippen LogP contribution in [0, 0.1) is 11.6 Å². The molecule has 1 aromatic carbocycles. The van der Waals surface area contributed by atoms with E-state index in [0.717, 1.165) is 19.0 Å². The van der Waals surface area contributed by atoms with Crippen LogP contribution >= 0.6 is 0 Å². The van der Waals surface area contributed by atoms with E-state index in [2.05, 4.69) is 18.7 Å². The van der Waals surface area contributed by atoms with E-state index >= 15 is 0 Å². The van der Waals surface area contributed by atoms with Gasteiger partial charge in [-0.1, -0.05) is 6.07 Å². The van der Waals surface area contributed by atoms with E-state index in [1.165, 1.54) is 12.1 Å². The first-order valence-electron chi connectivity index (χ1n) is 5.92. The molecule has 0 aliphatic heterocycles. The Morgan fingerprint density at radius 2 is 2.00 bits per heavy atom. The maximum absolute atomic E-state index is 13.5. The van der Waals surface area contributed by atoms with E-state index in [1.807, 2.05) is 0 Å². The summed E-state index contributed by atoms with van der Waals surface area (Å²) in [6, 6.07) is 4.03. The molecular weight excluding hydrogens is 222 g/mol. The van der Waals surface area contributed by atoms with Gasteiger partial charge >= 0.3 is 0 Å². The summed E-state index contributed by atoms with van der Waals surface area (Å²) in [5.74, 6) is -1.02. The second-order valence-electron chi connectivity index (χ2n) is 4.44. The first-order valence-corrected chi connectivity index (χ1v) is 5.92. The second-order valence-corrected chi connectivity index (χ2v) is 4.44. The molecule has 0 aliphatic carbocycles. The van der Waals surface area contributed by atoms with Gasteiger partial charge in [-0.05, 0) is 39.4 Å². The van der Waals surface area contributed by atoms with E-state index in [4.69, 9.17) is 5.73 Å². The Morgan fingerprint density at radius 1 is 1.29 bits per heavy atom. The average molecular weight is 242 g/mol. The summed E-state index contributed by atoms with van der Waals surface area (Å²) in [6.45, 7) is 6.04. The predicted octanol–water partition coefficient (Wildman–Crippen LogP) is 2.52. The number of hydrogen-bond acceptors (Lipinski definition) is 2. The van der Waals surface area contributed by atoms with Crippen LogP contribution in [-0.2, 0) is 6.54 Å². The van der Waals surface area contributed by atoms with Gasteiger partial charge in [-0.2, -0.15) is 0 Å². The second kappa shape index (κ2) is 6.67. The van der Waals surface area contributed by atoms with Crippen molar-refractivity contribution in [1.82, 2.24) is 4.90 Å². The zero-order chi connectivity index (χ0) is 12.8. The molecule has 0 saturated carbocycles. The SMILES string of the molecule is CC(C)N(CCCN)Cc1ccc(F)cc1F. The molecule has 96 valence electrons. The molecule has 0 radical (unpaired) electrons. The lowest BCUT2D eigenvalue weighted by Gasteiger charge is -2.26. The van der Waals surface area contributed by atoms with Crippen LogP contribution in [0.4, 0.5) is 8.78 Å². The van der Waals surface area contributed by atoms with Crippen LogP contribution in [0.3, 0.4) is 0 Å². The topological polar surface area (TPSA) is 29.3 Å². The maximum Gasteiger partial charge on any atom is 0.130 e. The molecule has 0 fully saturated rings. The molecule has 1 rings (SSSR count). The highest BCUT2D eigenvalue weighted by Crippen LogP contribution is 2.14. The number of rotatable bonds is 6. The lowest BCUT2D eigenvalue weighted by molar-refractivity contribution is 0.209. The van der Waals surface area contributed by atoms with Crippen molar-refractivity contribution in [1.29, 1.82) is 0 Å². The molecule has 0 bridgehead atoms. The molecule has 2 nitrogen and oxygen atoms in total. The van der Waals surface area contributed by atoms with Crippen LogP contribution in [0.5, 0.6) is 0 Å². The predicted molar refractivity (Wildman–Crippen MR) is 65.6 cm³/mol. The highest BCUT2D eigenvalue weighted by atomic mass is 19.1. The summed E-state index contributed by atoms with van der Waals surface area (Å²) in [7, 11) is 0. The fourth-order valence-electron chi connectivity index (χ4n) is 1.68. The largest absolute Gasteiger partial charge is 0.330 e. The quantitative estimate of drug-likeness (QED) is 0.830. The van der Waals surface area contributed by atoms with Crippen LogP contribution < -0.4 is 5.73 Å². The number of halogens is 2. The van der Waals surface area contributed by atoms with Gasteiger partial charge in [-0.25, -0.2) is 8.78 Å². The van der Waals surface area contributed by atoms with Gasteiger partial charge in [-0.15, -0.1) is 0 Å². The Hall–Kier alpha value is -1.00. The highest BCUT2D eigenvalue weighted by Gasteiger charge is 2.12. The van der Waals surface area contributed by atoms with Crippen molar-refractivity contribution in [3.05, 3.63) is 35.4 Å². The van der Waals surface area contributed by atoms with Crippen LogP contribution in [0.2, 0.25) is 0 Å². The Balaban J connectivity index is 2.71. The van der Waals surface area contributed by atoms with Crippen LogP contribution in [0.15, 0.2) is 18.2 Å². The molecule has 0 heterocycles. The van der Waals surface area contributed by atoms with Crippen molar-refractivity contribution in [3.63, 3.8) is 0 Å². The summed E-state index contributed by atoms with van der Waals surface area (Å²) in [6.07, 6.45) is 0.876. The fourth-order valence-corrected chi connectivity index (χ4v) is 1.68. The van der Waals surface area contributed by atoms with Gasteiger partial charge in [-0.3, -0.25) is 4.90 Å². The van der Waals surface area contributed by atoms with Gasteiger partial charge in [0.15, 0.2) is 0 Å². The molecular formula is C13H20F2N2. The molecule has 4 heteroatoms. The zero-order valence-corrected chi connectivity index (χ0v) is 10.4. The van der Waals surface area contributed by atoms with Gasteiger partial charge in [0.1, 0.15) is 11.6 Å². The molecule has 0 aliphatic rings.